The van der Waals surface area contributed by atoms with Crippen molar-refractivity contribution in [3.05, 3.63) is 65.0 Å². The molecule has 2 heterocycles. The molecule has 3 rings (SSSR count). The van der Waals surface area contributed by atoms with Crippen molar-refractivity contribution < 1.29 is 9.90 Å². The van der Waals surface area contributed by atoms with Gasteiger partial charge in [0.2, 0.25) is 0 Å². The standard InChI is InChI=1S/C20H24N2O2/c1-15-6-7-17(13-21-15)14-22-10-8-16(9-11-22)12-18-4-2-3-5-19(18)20(23)24/h2-7,13,16H,8-12,14H2,1H3,(H,23,24). The molecule has 1 aromatic heterocycles. The maximum atomic E-state index is 11.3. The van der Waals surface area contributed by atoms with E-state index in [1.54, 1.807) is 12.1 Å². The maximum Gasteiger partial charge on any atom is 0.335 e. The first-order valence-corrected chi connectivity index (χ1v) is 8.57. The molecule has 1 saturated heterocycles. The molecule has 1 aliphatic rings. The third-order valence-electron chi connectivity index (χ3n) is 4.84. The van der Waals surface area contributed by atoms with Crippen LogP contribution in [0.15, 0.2) is 42.6 Å². The summed E-state index contributed by atoms with van der Waals surface area (Å²) >= 11 is 0. The molecule has 1 aliphatic heterocycles. The average molecular weight is 324 g/mol. The number of likely N-dealkylation sites (tertiary alicyclic amines) is 1. The molecule has 0 saturated carbocycles. The summed E-state index contributed by atoms with van der Waals surface area (Å²) in [6.07, 6.45) is 5.06. The van der Waals surface area contributed by atoms with E-state index in [2.05, 4.69) is 22.0 Å². The van der Waals surface area contributed by atoms with Crippen LogP contribution in [0.4, 0.5) is 0 Å². The van der Waals surface area contributed by atoms with Crippen LogP contribution in [0.3, 0.4) is 0 Å². The lowest BCUT2D eigenvalue weighted by molar-refractivity contribution is 0.0695. The van der Waals surface area contributed by atoms with Crippen LogP contribution in [0.25, 0.3) is 0 Å². The number of pyridine rings is 1. The van der Waals surface area contributed by atoms with Gasteiger partial charge in [-0.2, -0.15) is 0 Å². The first kappa shape index (κ1) is 16.7. The third-order valence-corrected chi connectivity index (χ3v) is 4.84. The minimum absolute atomic E-state index is 0.450. The summed E-state index contributed by atoms with van der Waals surface area (Å²) in [6.45, 7) is 5.08. The molecule has 0 radical (unpaired) electrons. The van der Waals surface area contributed by atoms with Gasteiger partial charge in [0.15, 0.2) is 0 Å². The molecule has 1 N–H and O–H groups in total. The van der Waals surface area contributed by atoms with Crippen LogP contribution in [0.1, 0.15) is 40.0 Å². The molecule has 24 heavy (non-hydrogen) atoms. The lowest BCUT2D eigenvalue weighted by atomic mass is 9.88. The Labute approximate surface area is 143 Å². The summed E-state index contributed by atoms with van der Waals surface area (Å²) < 4.78 is 0. The van der Waals surface area contributed by atoms with Crippen LogP contribution in [0.2, 0.25) is 0 Å². The highest BCUT2D eigenvalue weighted by Crippen LogP contribution is 2.24. The van der Waals surface area contributed by atoms with Gasteiger partial charge in [-0.1, -0.05) is 24.3 Å². The van der Waals surface area contributed by atoms with Gasteiger partial charge in [-0.15, -0.1) is 0 Å². The number of hydrogen-bond acceptors (Lipinski definition) is 3. The van der Waals surface area contributed by atoms with Gasteiger partial charge in [-0.25, -0.2) is 4.79 Å². The fourth-order valence-corrected chi connectivity index (χ4v) is 3.42. The van der Waals surface area contributed by atoms with Gasteiger partial charge in [0.1, 0.15) is 0 Å². The number of carboxylic acid groups (broad SMARTS) is 1. The van der Waals surface area contributed by atoms with E-state index in [1.165, 1.54) is 5.56 Å². The zero-order valence-electron chi connectivity index (χ0n) is 14.1. The first-order chi connectivity index (χ1) is 11.6. The Morgan fingerprint density at radius 2 is 1.96 bits per heavy atom. The molecule has 1 aromatic carbocycles. The topological polar surface area (TPSA) is 53.4 Å². The average Bonchev–Trinajstić information content (AvgIpc) is 2.59. The monoisotopic (exact) mass is 324 g/mol. The second-order valence-corrected chi connectivity index (χ2v) is 6.69. The zero-order valence-corrected chi connectivity index (χ0v) is 14.1. The van der Waals surface area contributed by atoms with Crippen LogP contribution in [0, 0.1) is 12.8 Å². The molecule has 0 unspecified atom stereocenters. The summed E-state index contributed by atoms with van der Waals surface area (Å²) in [4.78, 5) is 18.2. The van der Waals surface area contributed by atoms with Gasteiger partial charge in [0, 0.05) is 18.4 Å². The van der Waals surface area contributed by atoms with Crippen molar-refractivity contribution in [3.63, 3.8) is 0 Å². The van der Waals surface area contributed by atoms with Crippen molar-refractivity contribution >= 4 is 5.97 Å². The summed E-state index contributed by atoms with van der Waals surface area (Å²) in [6, 6.07) is 11.6. The Morgan fingerprint density at radius 1 is 1.21 bits per heavy atom. The molecular formula is C20H24N2O2. The smallest absolute Gasteiger partial charge is 0.335 e. The van der Waals surface area contributed by atoms with Gasteiger partial charge in [0.05, 0.1) is 5.56 Å². The van der Waals surface area contributed by atoms with E-state index < -0.39 is 5.97 Å². The fraction of sp³-hybridized carbons (Fsp3) is 0.400. The van der Waals surface area contributed by atoms with Crippen LogP contribution >= 0.6 is 0 Å². The molecule has 0 aliphatic carbocycles. The number of aromatic nitrogens is 1. The number of benzene rings is 1. The molecule has 0 atom stereocenters. The number of aryl methyl sites for hydroxylation is 1. The summed E-state index contributed by atoms with van der Waals surface area (Å²) in [5.74, 6) is -0.257. The van der Waals surface area contributed by atoms with Crippen molar-refractivity contribution in [1.82, 2.24) is 9.88 Å². The number of carbonyl (C=O) groups is 1. The van der Waals surface area contributed by atoms with Gasteiger partial charge >= 0.3 is 5.97 Å². The second-order valence-electron chi connectivity index (χ2n) is 6.69. The largest absolute Gasteiger partial charge is 0.478 e. The molecule has 0 spiro atoms. The Kier molecular flexibility index (Phi) is 5.26. The Bertz CT molecular complexity index is 689. The number of hydrogen-bond donors (Lipinski definition) is 1. The first-order valence-electron chi connectivity index (χ1n) is 8.57. The van der Waals surface area contributed by atoms with E-state index in [0.717, 1.165) is 50.2 Å². The lowest BCUT2D eigenvalue weighted by Crippen LogP contribution is -2.34. The van der Waals surface area contributed by atoms with E-state index in [1.807, 2.05) is 25.3 Å². The van der Waals surface area contributed by atoms with Gasteiger partial charge in [0.25, 0.3) is 0 Å². The number of piperidine rings is 1. The minimum Gasteiger partial charge on any atom is -0.478 e. The van der Waals surface area contributed by atoms with Crippen LogP contribution in [0.5, 0.6) is 0 Å². The third kappa shape index (κ3) is 4.20. The highest BCUT2D eigenvalue weighted by atomic mass is 16.4. The van der Waals surface area contributed by atoms with Crippen LogP contribution in [-0.4, -0.2) is 34.0 Å². The Balaban J connectivity index is 1.54. The molecule has 0 bridgehead atoms. The van der Waals surface area contributed by atoms with Gasteiger partial charge in [-0.3, -0.25) is 9.88 Å². The van der Waals surface area contributed by atoms with Gasteiger partial charge < -0.3 is 5.11 Å². The second kappa shape index (κ2) is 7.58. The van der Waals surface area contributed by atoms with Crippen molar-refractivity contribution in [2.75, 3.05) is 13.1 Å². The summed E-state index contributed by atoms with van der Waals surface area (Å²) in [5.41, 5.74) is 3.72. The Hall–Kier alpha value is -2.20. The normalized spacial score (nSPS) is 16.2. The van der Waals surface area contributed by atoms with E-state index in [-0.39, 0.29) is 0 Å². The highest BCUT2D eigenvalue weighted by molar-refractivity contribution is 5.89. The molecule has 4 heteroatoms. The molecule has 2 aromatic rings. The van der Waals surface area contributed by atoms with Crippen molar-refractivity contribution in [2.24, 2.45) is 5.92 Å². The summed E-state index contributed by atoms with van der Waals surface area (Å²) in [5, 5.41) is 9.31. The summed E-state index contributed by atoms with van der Waals surface area (Å²) in [7, 11) is 0. The zero-order chi connectivity index (χ0) is 16.9. The number of nitrogens with zero attached hydrogens (tertiary/aromatic N) is 2. The maximum absolute atomic E-state index is 11.3. The molecule has 0 amide bonds. The predicted octanol–water partition coefficient (Wildman–Crippen LogP) is 3.54. The number of carboxylic acids is 1. The van der Waals surface area contributed by atoms with E-state index >= 15 is 0 Å². The van der Waals surface area contributed by atoms with Crippen LogP contribution in [-0.2, 0) is 13.0 Å². The molecule has 4 nitrogen and oxygen atoms in total. The van der Waals surface area contributed by atoms with Crippen molar-refractivity contribution in [3.8, 4) is 0 Å². The van der Waals surface area contributed by atoms with Crippen LogP contribution < -0.4 is 0 Å². The molecule has 126 valence electrons. The van der Waals surface area contributed by atoms with Gasteiger partial charge in [-0.05, 0) is 68.5 Å². The van der Waals surface area contributed by atoms with Crippen molar-refractivity contribution in [1.29, 1.82) is 0 Å². The SMILES string of the molecule is Cc1ccc(CN2CCC(Cc3ccccc3C(=O)O)CC2)cn1. The fourth-order valence-electron chi connectivity index (χ4n) is 3.42. The molecular weight excluding hydrogens is 300 g/mol. The lowest BCUT2D eigenvalue weighted by Gasteiger charge is -2.32. The quantitative estimate of drug-likeness (QED) is 0.914. The predicted molar refractivity (Wildman–Crippen MR) is 94.1 cm³/mol. The Morgan fingerprint density at radius 3 is 2.62 bits per heavy atom. The molecule has 1 fully saturated rings. The minimum atomic E-state index is -0.824. The number of aromatic carboxylic acids is 1. The van der Waals surface area contributed by atoms with Crippen molar-refractivity contribution in [2.45, 2.75) is 32.7 Å². The van der Waals surface area contributed by atoms with E-state index in [9.17, 15) is 9.90 Å². The highest BCUT2D eigenvalue weighted by Gasteiger charge is 2.21. The van der Waals surface area contributed by atoms with E-state index in [4.69, 9.17) is 0 Å². The van der Waals surface area contributed by atoms with E-state index in [0.29, 0.717) is 11.5 Å². The number of rotatable bonds is 5.